The van der Waals surface area contributed by atoms with E-state index < -0.39 is 5.97 Å². The smallest absolute Gasteiger partial charge is 0.306 e. The van der Waals surface area contributed by atoms with Crippen LogP contribution < -0.4 is 5.32 Å². The van der Waals surface area contributed by atoms with Crippen molar-refractivity contribution in [1.82, 2.24) is 10.2 Å². The van der Waals surface area contributed by atoms with Gasteiger partial charge in [-0.15, -0.1) is 0 Å². The molecular weight excluding hydrogens is 244 g/mol. The van der Waals surface area contributed by atoms with Crippen molar-refractivity contribution in [2.45, 2.75) is 32.3 Å². The first-order valence-corrected chi connectivity index (χ1v) is 7.48. The number of hydrogen-bond acceptors (Lipinski definition) is 4. The lowest BCUT2D eigenvalue weighted by molar-refractivity contribution is -0.142. The molecular formula is C14H26N2O3. The van der Waals surface area contributed by atoms with Crippen molar-refractivity contribution in [2.75, 3.05) is 39.3 Å². The molecule has 1 aliphatic carbocycles. The molecule has 1 heterocycles. The van der Waals surface area contributed by atoms with E-state index in [0.717, 1.165) is 58.6 Å². The number of carboxylic acids is 1. The second-order valence-electron chi connectivity index (χ2n) is 5.68. The number of carbonyl (C=O) groups is 1. The summed E-state index contributed by atoms with van der Waals surface area (Å²) in [5, 5.41) is 12.6. The van der Waals surface area contributed by atoms with Gasteiger partial charge in [-0.05, 0) is 31.8 Å². The summed E-state index contributed by atoms with van der Waals surface area (Å²) in [6.45, 7) is 7.70. The average Bonchev–Trinajstić information content (AvgIpc) is 2.87. The fourth-order valence-electron chi connectivity index (χ4n) is 3.23. The van der Waals surface area contributed by atoms with E-state index in [1.807, 2.05) is 0 Å². The summed E-state index contributed by atoms with van der Waals surface area (Å²) < 4.78 is 5.73. The number of morpholine rings is 1. The van der Waals surface area contributed by atoms with Gasteiger partial charge in [-0.1, -0.05) is 13.3 Å². The van der Waals surface area contributed by atoms with Crippen LogP contribution >= 0.6 is 0 Å². The SMILES string of the molecule is CCN1CCOC(CNCC2CCCC2C(=O)O)C1. The van der Waals surface area contributed by atoms with Crippen LogP contribution in [0.15, 0.2) is 0 Å². The summed E-state index contributed by atoms with van der Waals surface area (Å²) in [7, 11) is 0. The quantitative estimate of drug-likeness (QED) is 0.747. The van der Waals surface area contributed by atoms with Crippen LogP contribution in [-0.2, 0) is 9.53 Å². The van der Waals surface area contributed by atoms with E-state index in [-0.39, 0.29) is 12.0 Å². The molecule has 19 heavy (non-hydrogen) atoms. The van der Waals surface area contributed by atoms with Crippen molar-refractivity contribution >= 4 is 5.97 Å². The standard InChI is InChI=1S/C14H26N2O3/c1-2-16-6-7-19-12(10-16)9-15-8-11-4-3-5-13(11)14(17)18/h11-13,15H,2-10H2,1H3,(H,17,18). The molecule has 0 bridgehead atoms. The fourth-order valence-corrected chi connectivity index (χ4v) is 3.23. The minimum absolute atomic E-state index is 0.146. The maximum atomic E-state index is 11.1. The molecule has 0 aromatic rings. The molecule has 0 spiro atoms. The van der Waals surface area contributed by atoms with Crippen LogP contribution in [0.1, 0.15) is 26.2 Å². The Bertz CT molecular complexity index is 298. The topological polar surface area (TPSA) is 61.8 Å². The van der Waals surface area contributed by atoms with Gasteiger partial charge in [-0.25, -0.2) is 0 Å². The first kappa shape index (κ1) is 14.8. The number of nitrogens with one attached hydrogen (secondary N) is 1. The van der Waals surface area contributed by atoms with Gasteiger partial charge in [0, 0.05) is 19.6 Å². The predicted octanol–water partition coefficient (Wildman–Crippen LogP) is 0.798. The Morgan fingerprint density at radius 2 is 2.26 bits per heavy atom. The van der Waals surface area contributed by atoms with Crippen LogP contribution in [0.25, 0.3) is 0 Å². The van der Waals surface area contributed by atoms with Crippen molar-refractivity contribution in [2.24, 2.45) is 11.8 Å². The lowest BCUT2D eigenvalue weighted by Crippen LogP contribution is -2.47. The largest absolute Gasteiger partial charge is 0.481 e. The highest BCUT2D eigenvalue weighted by Gasteiger charge is 2.32. The molecule has 2 aliphatic rings. The zero-order valence-electron chi connectivity index (χ0n) is 11.8. The lowest BCUT2D eigenvalue weighted by Gasteiger charge is -2.32. The van der Waals surface area contributed by atoms with Crippen molar-refractivity contribution in [3.63, 3.8) is 0 Å². The van der Waals surface area contributed by atoms with Gasteiger partial charge in [-0.3, -0.25) is 9.69 Å². The summed E-state index contributed by atoms with van der Waals surface area (Å²) in [6.07, 6.45) is 3.17. The monoisotopic (exact) mass is 270 g/mol. The number of nitrogens with zero attached hydrogens (tertiary/aromatic N) is 1. The number of rotatable bonds is 6. The summed E-state index contributed by atoms with van der Waals surface area (Å²) in [5.41, 5.74) is 0. The van der Waals surface area contributed by atoms with E-state index >= 15 is 0 Å². The van der Waals surface area contributed by atoms with E-state index in [1.54, 1.807) is 0 Å². The van der Waals surface area contributed by atoms with Crippen LogP contribution in [0, 0.1) is 11.8 Å². The molecule has 2 rings (SSSR count). The van der Waals surface area contributed by atoms with Crippen molar-refractivity contribution < 1.29 is 14.6 Å². The van der Waals surface area contributed by atoms with Gasteiger partial charge in [0.25, 0.3) is 0 Å². The predicted molar refractivity (Wildman–Crippen MR) is 73.2 cm³/mol. The van der Waals surface area contributed by atoms with Gasteiger partial charge in [0.05, 0.1) is 18.6 Å². The molecule has 0 aromatic carbocycles. The second-order valence-corrected chi connectivity index (χ2v) is 5.68. The third-order valence-electron chi connectivity index (χ3n) is 4.42. The van der Waals surface area contributed by atoms with Crippen LogP contribution in [0.4, 0.5) is 0 Å². The van der Waals surface area contributed by atoms with E-state index in [4.69, 9.17) is 9.84 Å². The summed E-state index contributed by atoms with van der Waals surface area (Å²) in [4.78, 5) is 13.5. The molecule has 1 saturated carbocycles. The van der Waals surface area contributed by atoms with Crippen molar-refractivity contribution in [1.29, 1.82) is 0 Å². The van der Waals surface area contributed by atoms with Crippen LogP contribution in [0.5, 0.6) is 0 Å². The molecule has 0 aromatic heterocycles. The van der Waals surface area contributed by atoms with E-state index in [1.165, 1.54) is 0 Å². The van der Waals surface area contributed by atoms with E-state index in [2.05, 4.69) is 17.1 Å². The highest BCUT2D eigenvalue weighted by molar-refractivity contribution is 5.70. The van der Waals surface area contributed by atoms with Gasteiger partial charge in [0.15, 0.2) is 0 Å². The molecule has 3 atom stereocenters. The van der Waals surface area contributed by atoms with Gasteiger partial charge < -0.3 is 15.2 Å². The Morgan fingerprint density at radius 1 is 1.42 bits per heavy atom. The Labute approximate surface area is 115 Å². The highest BCUT2D eigenvalue weighted by atomic mass is 16.5. The molecule has 5 nitrogen and oxygen atoms in total. The summed E-state index contributed by atoms with van der Waals surface area (Å²) in [6, 6.07) is 0. The highest BCUT2D eigenvalue weighted by Crippen LogP contribution is 2.31. The van der Waals surface area contributed by atoms with Gasteiger partial charge >= 0.3 is 5.97 Å². The Hall–Kier alpha value is -0.650. The average molecular weight is 270 g/mol. The fraction of sp³-hybridized carbons (Fsp3) is 0.929. The zero-order chi connectivity index (χ0) is 13.7. The van der Waals surface area contributed by atoms with E-state index in [0.29, 0.717) is 5.92 Å². The van der Waals surface area contributed by atoms with Gasteiger partial charge in [0.1, 0.15) is 0 Å². The van der Waals surface area contributed by atoms with Crippen LogP contribution in [-0.4, -0.2) is 61.4 Å². The maximum Gasteiger partial charge on any atom is 0.306 e. The summed E-state index contributed by atoms with van der Waals surface area (Å²) in [5.74, 6) is -0.481. The lowest BCUT2D eigenvalue weighted by atomic mass is 9.96. The maximum absolute atomic E-state index is 11.1. The molecule has 5 heteroatoms. The second kappa shape index (κ2) is 7.22. The first-order valence-electron chi connectivity index (χ1n) is 7.48. The van der Waals surface area contributed by atoms with E-state index in [9.17, 15) is 4.79 Å². The molecule has 3 unspecified atom stereocenters. The number of aliphatic carboxylic acids is 1. The van der Waals surface area contributed by atoms with Gasteiger partial charge in [0.2, 0.25) is 0 Å². The van der Waals surface area contributed by atoms with Crippen LogP contribution in [0.2, 0.25) is 0 Å². The Kier molecular flexibility index (Phi) is 5.60. The molecule has 2 fully saturated rings. The molecule has 2 N–H and O–H groups in total. The minimum atomic E-state index is -0.629. The normalized spacial score (nSPS) is 32.6. The summed E-state index contributed by atoms with van der Waals surface area (Å²) >= 11 is 0. The number of ether oxygens (including phenoxy) is 1. The molecule has 0 radical (unpaired) electrons. The van der Waals surface area contributed by atoms with Crippen LogP contribution in [0.3, 0.4) is 0 Å². The molecule has 1 aliphatic heterocycles. The Balaban J connectivity index is 1.67. The Morgan fingerprint density at radius 3 is 3.00 bits per heavy atom. The zero-order valence-corrected chi connectivity index (χ0v) is 11.8. The number of likely N-dealkylation sites (N-methyl/N-ethyl adjacent to an activating group) is 1. The minimum Gasteiger partial charge on any atom is -0.481 e. The number of carboxylic acid groups (broad SMARTS) is 1. The number of hydrogen-bond donors (Lipinski definition) is 2. The van der Waals surface area contributed by atoms with Crippen molar-refractivity contribution in [3.05, 3.63) is 0 Å². The molecule has 1 saturated heterocycles. The third kappa shape index (κ3) is 4.16. The van der Waals surface area contributed by atoms with Gasteiger partial charge in [-0.2, -0.15) is 0 Å². The molecule has 110 valence electrons. The third-order valence-corrected chi connectivity index (χ3v) is 4.42. The van der Waals surface area contributed by atoms with Crippen molar-refractivity contribution in [3.8, 4) is 0 Å². The molecule has 0 amide bonds. The first-order chi connectivity index (χ1) is 9.20.